The average Bonchev–Trinajstić information content (AvgIpc) is 2.44. The van der Waals surface area contributed by atoms with E-state index < -0.39 is 4.92 Å². The zero-order chi connectivity index (χ0) is 15.3. The Balaban J connectivity index is 2.95. The van der Waals surface area contributed by atoms with Gasteiger partial charge in [0.05, 0.1) is 9.40 Å². The van der Waals surface area contributed by atoms with Gasteiger partial charge in [-0.1, -0.05) is 13.8 Å². The Morgan fingerprint density at radius 1 is 1.50 bits per heavy atom. The minimum Gasteiger partial charge on any atom is -0.368 e. The summed E-state index contributed by atoms with van der Waals surface area (Å²) in [4.78, 5) is 14.6. The summed E-state index contributed by atoms with van der Waals surface area (Å²) in [6.07, 6.45) is 5.53. The minimum atomic E-state index is -0.416. The van der Waals surface area contributed by atoms with E-state index in [1.807, 2.05) is 11.8 Å². The predicted molar refractivity (Wildman–Crippen MR) is 88.6 cm³/mol. The highest BCUT2D eigenvalue weighted by molar-refractivity contribution is 9.10. The molecular formula is C13H20BrN3O2S. The average molecular weight is 362 g/mol. The van der Waals surface area contributed by atoms with E-state index in [0.717, 1.165) is 19.4 Å². The number of thioether (sulfide) groups is 1. The summed E-state index contributed by atoms with van der Waals surface area (Å²) in [5, 5.41) is 14.2. The van der Waals surface area contributed by atoms with Gasteiger partial charge in [0, 0.05) is 16.9 Å². The van der Waals surface area contributed by atoms with E-state index in [2.05, 4.69) is 46.3 Å². The van der Waals surface area contributed by atoms with Crippen LogP contribution in [0.5, 0.6) is 0 Å². The third-order valence-electron chi connectivity index (χ3n) is 3.73. The molecule has 0 fully saturated rings. The molecule has 0 atom stereocenters. The zero-order valence-corrected chi connectivity index (χ0v) is 14.6. The molecule has 0 aliphatic rings. The van der Waals surface area contributed by atoms with Gasteiger partial charge in [0.2, 0.25) is 0 Å². The summed E-state index contributed by atoms with van der Waals surface area (Å²) in [5.74, 6) is 0.661. The monoisotopic (exact) mass is 361 g/mol. The lowest BCUT2D eigenvalue weighted by atomic mass is 10.0. The number of rotatable bonds is 7. The van der Waals surface area contributed by atoms with Crippen LogP contribution in [0.4, 0.5) is 11.5 Å². The van der Waals surface area contributed by atoms with Crippen LogP contribution in [0.3, 0.4) is 0 Å². The molecule has 1 aromatic rings. The van der Waals surface area contributed by atoms with E-state index in [9.17, 15) is 10.1 Å². The molecule has 1 N–H and O–H groups in total. The maximum absolute atomic E-state index is 10.9. The number of aromatic nitrogens is 1. The molecule has 0 aromatic carbocycles. The van der Waals surface area contributed by atoms with Gasteiger partial charge >= 0.3 is 0 Å². The van der Waals surface area contributed by atoms with Crippen LogP contribution in [0, 0.1) is 17.0 Å². The summed E-state index contributed by atoms with van der Waals surface area (Å²) in [6, 6.07) is 0. The number of nitro groups is 1. The van der Waals surface area contributed by atoms with Gasteiger partial charge in [0.15, 0.2) is 0 Å². The summed E-state index contributed by atoms with van der Waals surface area (Å²) < 4.78 is 0.825. The fraction of sp³-hybridized carbons (Fsp3) is 0.615. The Hall–Kier alpha value is -0.820. The first kappa shape index (κ1) is 17.2. The maximum Gasteiger partial charge on any atom is 0.291 e. The highest BCUT2D eigenvalue weighted by Crippen LogP contribution is 2.34. The molecule has 0 aliphatic heterocycles. The first-order chi connectivity index (χ1) is 9.40. The number of hydrogen-bond donors (Lipinski definition) is 1. The zero-order valence-electron chi connectivity index (χ0n) is 12.2. The van der Waals surface area contributed by atoms with Crippen molar-refractivity contribution >= 4 is 39.2 Å². The molecule has 20 heavy (non-hydrogen) atoms. The van der Waals surface area contributed by atoms with E-state index in [0.29, 0.717) is 15.9 Å². The molecule has 0 bridgehead atoms. The summed E-state index contributed by atoms with van der Waals surface area (Å²) >= 11 is 5.24. The number of nitrogens with zero attached hydrogens (tertiary/aromatic N) is 2. The third kappa shape index (κ3) is 3.63. The van der Waals surface area contributed by atoms with Crippen molar-refractivity contribution in [1.82, 2.24) is 4.98 Å². The topological polar surface area (TPSA) is 68.1 Å². The molecule has 1 rings (SSSR count). The molecule has 0 spiro atoms. The molecule has 0 amide bonds. The summed E-state index contributed by atoms with van der Waals surface area (Å²) in [6.45, 7) is 6.84. The van der Waals surface area contributed by atoms with Gasteiger partial charge in [-0.2, -0.15) is 11.8 Å². The van der Waals surface area contributed by atoms with Crippen molar-refractivity contribution in [2.45, 2.75) is 38.4 Å². The number of anilines is 1. The van der Waals surface area contributed by atoms with Crippen molar-refractivity contribution in [1.29, 1.82) is 0 Å². The molecule has 0 radical (unpaired) electrons. The van der Waals surface area contributed by atoms with Crippen molar-refractivity contribution < 1.29 is 4.92 Å². The number of nitrogens with one attached hydrogen (secondary N) is 1. The second-order valence-corrected chi connectivity index (χ2v) is 6.70. The highest BCUT2D eigenvalue weighted by Gasteiger charge is 2.25. The van der Waals surface area contributed by atoms with E-state index in [1.165, 1.54) is 6.20 Å². The predicted octanol–water partition coefficient (Wildman–Crippen LogP) is 4.39. The standard InChI is InChI=1S/C13H20BrN3O2S/c1-5-13(6-2,20-4)8-16-12-11(14)9(3)10(7-15-12)17(18)19/h7H,5-6,8H2,1-4H3,(H,15,16). The van der Waals surface area contributed by atoms with E-state index in [-0.39, 0.29) is 10.4 Å². The van der Waals surface area contributed by atoms with Crippen LogP contribution < -0.4 is 5.32 Å². The molecular weight excluding hydrogens is 342 g/mol. The van der Waals surface area contributed by atoms with Gasteiger partial charge in [0.25, 0.3) is 5.69 Å². The van der Waals surface area contributed by atoms with Crippen LogP contribution in [0.2, 0.25) is 0 Å². The van der Waals surface area contributed by atoms with Gasteiger partial charge in [-0.05, 0) is 42.0 Å². The van der Waals surface area contributed by atoms with Gasteiger partial charge < -0.3 is 5.32 Å². The van der Waals surface area contributed by atoms with Crippen molar-refractivity contribution in [3.63, 3.8) is 0 Å². The van der Waals surface area contributed by atoms with Crippen LogP contribution in [-0.4, -0.2) is 27.5 Å². The normalized spacial score (nSPS) is 11.4. The molecule has 112 valence electrons. The number of halogens is 1. The summed E-state index contributed by atoms with van der Waals surface area (Å²) in [5.41, 5.74) is 0.625. The van der Waals surface area contributed by atoms with Gasteiger partial charge in [-0.25, -0.2) is 4.98 Å². The van der Waals surface area contributed by atoms with Crippen LogP contribution in [-0.2, 0) is 0 Å². The van der Waals surface area contributed by atoms with Crippen LogP contribution in [0.25, 0.3) is 0 Å². The molecule has 5 nitrogen and oxygen atoms in total. The van der Waals surface area contributed by atoms with Crippen LogP contribution >= 0.6 is 27.7 Å². The number of hydrogen-bond acceptors (Lipinski definition) is 5. The number of pyridine rings is 1. The fourth-order valence-corrected chi connectivity index (χ4v) is 3.22. The van der Waals surface area contributed by atoms with Crippen molar-refractivity contribution in [2.24, 2.45) is 0 Å². The van der Waals surface area contributed by atoms with Gasteiger partial charge in [-0.15, -0.1) is 0 Å². The highest BCUT2D eigenvalue weighted by atomic mass is 79.9. The third-order valence-corrected chi connectivity index (χ3v) is 6.29. The first-order valence-electron chi connectivity index (χ1n) is 6.49. The molecule has 0 saturated carbocycles. The SMILES string of the molecule is CCC(CC)(CNc1ncc([N+](=O)[O-])c(C)c1Br)SC. The minimum absolute atomic E-state index is 0.0320. The molecule has 0 saturated heterocycles. The van der Waals surface area contributed by atoms with Crippen LogP contribution in [0.15, 0.2) is 10.7 Å². The Morgan fingerprint density at radius 2 is 2.10 bits per heavy atom. The van der Waals surface area contributed by atoms with Crippen molar-refractivity contribution in [2.75, 3.05) is 18.1 Å². The largest absolute Gasteiger partial charge is 0.368 e. The Morgan fingerprint density at radius 3 is 2.55 bits per heavy atom. The lowest BCUT2D eigenvalue weighted by Crippen LogP contribution is -2.32. The molecule has 0 aliphatic carbocycles. The summed E-state index contributed by atoms with van der Waals surface area (Å²) in [7, 11) is 0. The Bertz CT molecular complexity index is 484. The molecule has 0 unspecified atom stereocenters. The maximum atomic E-state index is 10.9. The first-order valence-corrected chi connectivity index (χ1v) is 8.51. The molecule has 1 aromatic heterocycles. The fourth-order valence-electron chi connectivity index (χ4n) is 1.98. The van der Waals surface area contributed by atoms with Gasteiger partial charge in [0.1, 0.15) is 12.0 Å². The second-order valence-electron chi connectivity index (χ2n) is 4.64. The smallest absolute Gasteiger partial charge is 0.291 e. The second kappa shape index (κ2) is 7.26. The molecule has 1 heterocycles. The Labute approximate surface area is 132 Å². The molecule has 7 heteroatoms. The van der Waals surface area contributed by atoms with Crippen LogP contribution in [0.1, 0.15) is 32.3 Å². The van der Waals surface area contributed by atoms with E-state index in [1.54, 1.807) is 6.92 Å². The lowest BCUT2D eigenvalue weighted by Gasteiger charge is -2.30. The lowest BCUT2D eigenvalue weighted by molar-refractivity contribution is -0.385. The van der Waals surface area contributed by atoms with Crippen molar-refractivity contribution in [3.05, 3.63) is 26.3 Å². The Kier molecular flexibility index (Phi) is 6.26. The van der Waals surface area contributed by atoms with E-state index in [4.69, 9.17) is 0 Å². The van der Waals surface area contributed by atoms with Gasteiger partial charge in [-0.3, -0.25) is 10.1 Å². The van der Waals surface area contributed by atoms with Crippen molar-refractivity contribution in [3.8, 4) is 0 Å². The quantitative estimate of drug-likeness (QED) is 0.575. The van der Waals surface area contributed by atoms with E-state index >= 15 is 0 Å².